The van der Waals surface area contributed by atoms with Crippen LogP contribution in [0, 0.1) is 10.1 Å². The van der Waals surface area contributed by atoms with E-state index in [2.05, 4.69) is 10.6 Å². The average Bonchev–Trinajstić information content (AvgIpc) is 2.72. The minimum Gasteiger partial charge on any atom is -0.378 e. The third kappa shape index (κ3) is 5.45. The van der Waals surface area contributed by atoms with Gasteiger partial charge in [-0.2, -0.15) is 13.2 Å². The Morgan fingerprint density at radius 1 is 1.19 bits per heavy atom. The van der Waals surface area contributed by atoms with Gasteiger partial charge in [0.1, 0.15) is 12.2 Å². The molecule has 1 aliphatic rings. The number of para-hydroxylation sites is 1. The number of rotatable bonds is 7. The van der Waals surface area contributed by atoms with Gasteiger partial charge >= 0.3 is 6.18 Å². The SMILES string of the molecule is O=C(CN1C(=O)CSc2ccccc21)NCCNc1ccc(C(F)(F)F)cc1[N+](=O)[O-]. The molecule has 12 heteroatoms. The van der Waals surface area contributed by atoms with E-state index in [0.29, 0.717) is 11.8 Å². The van der Waals surface area contributed by atoms with Gasteiger partial charge in [-0.25, -0.2) is 0 Å². The van der Waals surface area contributed by atoms with E-state index in [9.17, 15) is 32.9 Å². The molecular weight excluding hydrogens is 437 g/mol. The Labute approximate surface area is 178 Å². The van der Waals surface area contributed by atoms with Crippen LogP contribution in [0.25, 0.3) is 0 Å². The number of anilines is 2. The van der Waals surface area contributed by atoms with E-state index >= 15 is 0 Å². The molecule has 8 nitrogen and oxygen atoms in total. The van der Waals surface area contributed by atoms with Crippen molar-refractivity contribution in [2.24, 2.45) is 0 Å². The maximum atomic E-state index is 12.8. The summed E-state index contributed by atoms with van der Waals surface area (Å²) in [7, 11) is 0. The first-order valence-corrected chi connectivity index (χ1v) is 10.0. The summed E-state index contributed by atoms with van der Waals surface area (Å²) < 4.78 is 38.3. The Morgan fingerprint density at radius 2 is 1.94 bits per heavy atom. The monoisotopic (exact) mass is 454 g/mol. The maximum absolute atomic E-state index is 12.8. The summed E-state index contributed by atoms with van der Waals surface area (Å²) in [5, 5.41) is 16.3. The molecule has 0 aromatic heterocycles. The van der Waals surface area contributed by atoms with Gasteiger partial charge in [0.15, 0.2) is 0 Å². The van der Waals surface area contributed by atoms with Gasteiger partial charge in [-0.1, -0.05) is 12.1 Å². The van der Waals surface area contributed by atoms with Gasteiger partial charge < -0.3 is 15.5 Å². The largest absolute Gasteiger partial charge is 0.416 e. The summed E-state index contributed by atoms with van der Waals surface area (Å²) in [6.07, 6.45) is -4.69. The fraction of sp³-hybridized carbons (Fsp3) is 0.263. The molecule has 0 spiro atoms. The number of hydrogen-bond acceptors (Lipinski definition) is 6. The number of carbonyl (C=O) groups is 2. The fourth-order valence-electron chi connectivity index (χ4n) is 2.93. The summed E-state index contributed by atoms with van der Waals surface area (Å²) in [5.41, 5.74) is -1.28. The standard InChI is InChI=1S/C19H17F3N4O4S/c20-19(21,22)12-5-6-13(15(9-12)26(29)30)23-7-8-24-17(27)10-25-14-3-1-2-4-16(14)31-11-18(25)28/h1-6,9,23H,7-8,10-11H2,(H,24,27). The molecule has 2 aromatic rings. The number of amides is 2. The lowest BCUT2D eigenvalue weighted by molar-refractivity contribution is -0.384. The molecule has 0 unspecified atom stereocenters. The Hall–Kier alpha value is -3.28. The van der Waals surface area contributed by atoms with E-state index < -0.39 is 28.3 Å². The number of nitro benzene ring substituents is 1. The zero-order valence-corrected chi connectivity index (χ0v) is 16.8. The fourth-order valence-corrected chi connectivity index (χ4v) is 3.87. The first kappa shape index (κ1) is 22.4. The third-order valence-corrected chi connectivity index (χ3v) is 5.44. The van der Waals surface area contributed by atoms with E-state index in [1.54, 1.807) is 12.1 Å². The number of carbonyl (C=O) groups excluding carboxylic acids is 2. The maximum Gasteiger partial charge on any atom is 0.416 e. The number of fused-ring (bicyclic) bond motifs is 1. The summed E-state index contributed by atoms with van der Waals surface area (Å²) in [6.45, 7) is -0.0927. The molecule has 0 aliphatic carbocycles. The second kappa shape index (κ2) is 9.25. The highest BCUT2D eigenvalue weighted by atomic mass is 32.2. The van der Waals surface area contributed by atoms with Gasteiger partial charge in [0.2, 0.25) is 11.8 Å². The molecule has 0 saturated carbocycles. The normalized spacial score (nSPS) is 13.5. The number of benzene rings is 2. The minimum atomic E-state index is -4.69. The second-order valence-corrected chi connectivity index (χ2v) is 7.52. The molecule has 0 saturated heterocycles. The Bertz CT molecular complexity index is 1020. The van der Waals surface area contributed by atoms with Crippen LogP contribution in [0.1, 0.15) is 5.56 Å². The molecule has 0 bridgehead atoms. The molecule has 3 rings (SSSR count). The molecular formula is C19H17F3N4O4S. The molecule has 0 fully saturated rings. The first-order valence-electron chi connectivity index (χ1n) is 9.05. The van der Waals surface area contributed by atoms with Crippen LogP contribution in [-0.2, 0) is 15.8 Å². The van der Waals surface area contributed by atoms with Crippen LogP contribution >= 0.6 is 11.8 Å². The Morgan fingerprint density at radius 3 is 2.65 bits per heavy atom. The average molecular weight is 454 g/mol. The lowest BCUT2D eigenvalue weighted by Gasteiger charge is -2.28. The smallest absolute Gasteiger partial charge is 0.378 e. The molecule has 164 valence electrons. The predicted molar refractivity (Wildman–Crippen MR) is 109 cm³/mol. The van der Waals surface area contributed by atoms with Crippen LogP contribution in [0.4, 0.5) is 30.2 Å². The molecule has 0 radical (unpaired) electrons. The van der Waals surface area contributed by atoms with Gasteiger partial charge in [-0.15, -0.1) is 11.8 Å². The zero-order chi connectivity index (χ0) is 22.6. The van der Waals surface area contributed by atoms with Gasteiger partial charge in [0.25, 0.3) is 5.69 Å². The van der Waals surface area contributed by atoms with Crippen molar-refractivity contribution in [3.8, 4) is 0 Å². The Balaban J connectivity index is 1.55. The van der Waals surface area contributed by atoms with Crippen LogP contribution in [-0.4, -0.2) is 42.1 Å². The van der Waals surface area contributed by atoms with Crippen molar-refractivity contribution < 1.29 is 27.7 Å². The minimum absolute atomic E-state index is 0.0400. The Kier molecular flexibility index (Phi) is 6.68. The number of nitrogens with one attached hydrogen (secondary N) is 2. The van der Waals surface area contributed by atoms with Gasteiger partial charge in [0, 0.05) is 24.1 Å². The van der Waals surface area contributed by atoms with E-state index in [-0.39, 0.29) is 37.0 Å². The lowest BCUT2D eigenvalue weighted by Crippen LogP contribution is -2.44. The molecule has 31 heavy (non-hydrogen) atoms. The number of nitrogens with zero attached hydrogens (tertiary/aromatic N) is 2. The van der Waals surface area contributed by atoms with E-state index in [1.807, 2.05) is 12.1 Å². The van der Waals surface area contributed by atoms with Crippen LogP contribution in [0.3, 0.4) is 0 Å². The van der Waals surface area contributed by atoms with Crippen molar-refractivity contribution in [2.75, 3.05) is 35.6 Å². The summed E-state index contributed by atoms with van der Waals surface area (Å²) in [5.74, 6) is -0.403. The number of thioether (sulfide) groups is 1. The van der Waals surface area contributed by atoms with Crippen LogP contribution in [0.15, 0.2) is 47.4 Å². The summed E-state index contributed by atoms with van der Waals surface area (Å²) >= 11 is 1.39. The van der Waals surface area contributed by atoms with Crippen LogP contribution < -0.4 is 15.5 Å². The van der Waals surface area contributed by atoms with Crippen LogP contribution in [0.2, 0.25) is 0 Å². The zero-order valence-electron chi connectivity index (χ0n) is 15.9. The van der Waals surface area contributed by atoms with Crippen molar-refractivity contribution in [1.29, 1.82) is 0 Å². The molecule has 0 atom stereocenters. The van der Waals surface area contributed by atoms with Crippen molar-refractivity contribution >= 4 is 40.6 Å². The van der Waals surface area contributed by atoms with Crippen molar-refractivity contribution in [3.63, 3.8) is 0 Å². The molecule has 1 heterocycles. The van der Waals surface area contributed by atoms with Gasteiger partial charge in [0.05, 0.1) is 21.9 Å². The first-order chi connectivity index (χ1) is 14.7. The quantitative estimate of drug-likeness (QED) is 0.378. The lowest BCUT2D eigenvalue weighted by atomic mass is 10.1. The second-order valence-electron chi connectivity index (χ2n) is 6.50. The van der Waals surface area contributed by atoms with E-state index in [0.717, 1.165) is 17.0 Å². The molecule has 2 amide bonds. The van der Waals surface area contributed by atoms with Crippen molar-refractivity contribution in [2.45, 2.75) is 11.1 Å². The number of nitro groups is 1. The highest BCUT2D eigenvalue weighted by molar-refractivity contribution is 8.00. The van der Waals surface area contributed by atoms with E-state index in [4.69, 9.17) is 0 Å². The molecule has 2 aromatic carbocycles. The van der Waals surface area contributed by atoms with Gasteiger partial charge in [-0.3, -0.25) is 19.7 Å². The highest BCUT2D eigenvalue weighted by Crippen LogP contribution is 2.35. The summed E-state index contributed by atoms with van der Waals surface area (Å²) in [4.78, 5) is 36.9. The van der Waals surface area contributed by atoms with E-state index in [1.165, 1.54) is 16.7 Å². The highest BCUT2D eigenvalue weighted by Gasteiger charge is 2.33. The van der Waals surface area contributed by atoms with Crippen molar-refractivity contribution in [3.05, 3.63) is 58.1 Å². The summed E-state index contributed by atoms with van der Waals surface area (Å²) in [6, 6.07) is 9.39. The third-order valence-electron chi connectivity index (χ3n) is 4.39. The van der Waals surface area contributed by atoms with Crippen molar-refractivity contribution in [1.82, 2.24) is 5.32 Å². The topological polar surface area (TPSA) is 105 Å². The van der Waals surface area contributed by atoms with Gasteiger partial charge in [-0.05, 0) is 24.3 Å². The number of alkyl halides is 3. The predicted octanol–water partition coefficient (Wildman–Crippen LogP) is 3.28. The molecule has 2 N–H and O–H groups in total. The van der Waals surface area contributed by atoms with Crippen LogP contribution in [0.5, 0.6) is 0 Å². The molecule has 1 aliphatic heterocycles. The number of hydrogen-bond donors (Lipinski definition) is 2. The number of halogens is 3.